The Kier molecular flexibility index (Phi) is 5.57. The molecular formula is C17H25F2NO. The average molecular weight is 297 g/mol. The quantitative estimate of drug-likeness (QED) is 0.817. The van der Waals surface area contributed by atoms with Gasteiger partial charge in [0.1, 0.15) is 5.75 Å². The van der Waals surface area contributed by atoms with E-state index < -0.39 is 6.61 Å². The van der Waals surface area contributed by atoms with Crippen LogP contribution in [-0.2, 0) is 0 Å². The van der Waals surface area contributed by atoms with Crippen molar-refractivity contribution in [3.63, 3.8) is 0 Å². The highest BCUT2D eigenvalue weighted by molar-refractivity contribution is 5.29. The van der Waals surface area contributed by atoms with Crippen molar-refractivity contribution in [1.29, 1.82) is 0 Å². The summed E-state index contributed by atoms with van der Waals surface area (Å²) in [4.78, 5) is 0. The molecular weight excluding hydrogens is 272 g/mol. The smallest absolute Gasteiger partial charge is 0.387 e. The molecule has 1 N–H and O–H groups in total. The Bertz CT molecular complexity index is 435. The molecule has 118 valence electrons. The van der Waals surface area contributed by atoms with Gasteiger partial charge >= 0.3 is 6.61 Å². The highest BCUT2D eigenvalue weighted by atomic mass is 19.3. The molecule has 1 saturated carbocycles. The first-order valence-corrected chi connectivity index (χ1v) is 7.82. The van der Waals surface area contributed by atoms with E-state index in [1.54, 1.807) is 12.1 Å². The number of alkyl halides is 2. The van der Waals surface area contributed by atoms with E-state index in [-0.39, 0.29) is 11.8 Å². The number of rotatable bonds is 6. The Morgan fingerprint density at radius 2 is 1.90 bits per heavy atom. The molecule has 2 rings (SSSR count). The second-order valence-electron chi connectivity index (χ2n) is 6.05. The van der Waals surface area contributed by atoms with Crippen LogP contribution in [0.3, 0.4) is 0 Å². The molecule has 4 atom stereocenters. The molecule has 0 radical (unpaired) electrons. The van der Waals surface area contributed by atoms with Crippen LogP contribution >= 0.6 is 0 Å². The number of nitrogens with one attached hydrogen (secondary N) is 1. The lowest BCUT2D eigenvalue weighted by Gasteiger charge is -2.25. The number of hydrogen-bond donors (Lipinski definition) is 1. The minimum Gasteiger partial charge on any atom is -0.435 e. The Balaban J connectivity index is 1.93. The van der Waals surface area contributed by atoms with Gasteiger partial charge in [0.25, 0.3) is 0 Å². The van der Waals surface area contributed by atoms with Gasteiger partial charge in [0, 0.05) is 12.1 Å². The molecule has 0 saturated heterocycles. The van der Waals surface area contributed by atoms with Gasteiger partial charge in [0.2, 0.25) is 0 Å². The van der Waals surface area contributed by atoms with Crippen molar-refractivity contribution >= 4 is 0 Å². The Hall–Kier alpha value is -1.16. The normalized spacial score (nSPS) is 27.0. The van der Waals surface area contributed by atoms with Crippen LogP contribution in [0, 0.1) is 11.8 Å². The highest BCUT2D eigenvalue weighted by Gasteiger charge is 2.32. The summed E-state index contributed by atoms with van der Waals surface area (Å²) in [5.74, 6) is 1.72. The standard InChI is InChI=1S/C17H25F2NO/c1-4-13-7-10-16(11(13)2)20-12(3)14-5-8-15(9-6-14)21-17(18)19/h5-6,8-9,11-13,16-17,20H,4,7,10H2,1-3H3. The first-order chi connectivity index (χ1) is 10.0. The highest BCUT2D eigenvalue weighted by Crippen LogP contribution is 2.35. The molecule has 0 spiro atoms. The fourth-order valence-electron chi connectivity index (χ4n) is 3.41. The van der Waals surface area contributed by atoms with Crippen molar-refractivity contribution in [2.75, 3.05) is 0 Å². The monoisotopic (exact) mass is 297 g/mol. The lowest BCUT2D eigenvalue weighted by molar-refractivity contribution is -0.0498. The first kappa shape index (κ1) is 16.2. The first-order valence-electron chi connectivity index (χ1n) is 7.82. The van der Waals surface area contributed by atoms with Gasteiger partial charge in [-0.25, -0.2) is 0 Å². The summed E-state index contributed by atoms with van der Waals surface area (Å²) in [6, 6.07) is 7.67. The van der Waals surface area contributed by atoms with E-state index in [4.69, 9.17) is 0 Å². The number of ether oxygens (including phenoxy) is 1. The van der Waals surface area contributed by atoms with E-state index in [2.05, 4.69) is 30.8 Å². The van der Waals surface area contributed by atoms with Crippen molar-refractivity contribution in [1.82, 2.24) is 5.32 Å². The maximum atomic E-state index is 12.1. The molecule has 4 heteroatoms. The Morgan fingerprint density at radius 1 is 1.24 bits per heavy atom. The third-order valence-electron chi connectivity index (χ3n) is 4.82. The summed E-state index contributed by atoms with van der Waals surface area (Å²) in [7, 11) is 0. The second-order valence-corrected chi connectivity index (χ2v) is 6.05. The van der Waals surface area contributed by atoms with Gasteiger partial charge in [-0.3, -0.25) is 0 Å². The molecule has 1 aromatic carbocycles. The van der Waals surface area contributed by atoms with Crippen molar-refractivity contribution in [2.24, 2.45) is 11.8 Å². The summed E-state index contributed by atoms with van der Waals surface area (Å²) in [5, 5.41) is 3.68. The number of benzene rings is 1. The van der Waals surface area contributed by atoms with Gasteiger partial charge in [-0.1, -0.05) is 32.4 Å². The van der Waals surface area contributed by atoms with E-state index in [0.717, 1.165) is 11.5 Å². The Labute approximate surface area is 125 Å². The van der Waals surface area contributed by atoms with Crippen LogP contribution in [0.15, 0.2) is 24.3 Å². The molecule has 1 fully saturated rings. The molecule has 0 aliphatic heterocycles. The van der Waals surface area contributed by atoms with Crippen LogP contribution in [0.2, 0.25) is 0 Å². The van der Waals surface area contributed by atoms with Crippen LogP contribution in [-0.4, -0.2) is 12.7 Å². The summed E-state index contributed by atoms with van der Waals surface area (Å²) >= 11 is 0. The van der Waals surface area contributed by atoms with Crippen molar-refractivity contribution < 1.29 is 13.5 Å². The zero-order valence-electron chi connectivity index (χ0n) is 13.0. The van der Waals surface area contributed by atoms with Crippen LogP contribution in [0.1, 0.15) is 51.6 Å². The zero-order valence-corrected chi connectivity index (χ0v) is 13.0. The lowest BCUT2D eigenvalue weighted by Crippen LogP contribution is -2.34. The van der Waals surface area contributed by atoms with Crippen LogP contribution < -0.4 is 10.1 Å². The van der Waals surface area contributed by atoms with Crippen molar-refractivity contribution in [2.45, 2.75) is 58.7 Å². The predicted molar refractivity (Wildman–Crippen MR) is 80.6 cm³/mol. The predicted octanol–water partition coefficient (Wildman–Crippen LogP) is 4.76. The zero-order chi connectivity index (χ0) is 15.4. The van der Waals surface area contributed by atoms with Crippen LogP contribution in [0.5, 0.6) is 5.75 Å². The summed E-state index contributed by atoms with van der Waals surface area (Å²) in [6.45, 7) is 3.94. The molecule has 1 aliphatic rings. The van der Waals surface area contributed by atoms with E-state index in [0.29, 0.717) is 12.0 Å². The SMILES string of the molecule is CCC1CCC(NC(C)c2ccc(OC(F)F)cc2)C1C. The van der Waals surface area contributed by atoms with Gasteiger partial charge in [0.05, 0.1) is 0 Å². The van der Waals surface area contributed by atoms with E-state index >= 15 is 0 Å². The summed E-state index contributed by atoms with van der Waals surface area (Å²) in [5.41, 5.74) is 1.10. The minimum absolute atomic E-state index is 0.209. The topological polar surface area (TPSA) is 21.3 Å². The average Bonchev–Trinajstić information content (AvgIpc) is 2.79. The number of hydrogen-bond acceptors (Lipinski definition) is 2. The van der Waals surface area contributed by atoms with Gasteiger partial charge in [0.15, 0.2) is 0 Å². The van der Waals surface area contributed by atoms with Crippen molar-refractivity contribution in [3.05, 3.63) is 29.8 Å². The molecule has 21 heavy (non-hydrogen) atoms. The summed E-state index contributed by atoms with van der Waals surface area (Å²) in [6.07, 6.45) is 3.76. The van der Waals surface area contributed by atoms with Gasteiger partial charge < -0.3 is 10.1 Å². The Morgan fingerprint density at radius 3 is 2.43 bits per heavy atom. The van der Waals surface area contributed by atoms with Gasteiger partial charge in [-0.2, -0.15) is 8.78 Å². The maximum Gasteiger partial charge on any atom is 0.387 e. The van der Waals surface area contributed by atoms with E-state index in [9.17, 15) is 8.78 Å². The molecule has 4 unspecified atom stereocenters. The fourth-order valence-corrected chi connectivity index (χ4v) is 3.41. The largest absolute Gasteiger partial charge is 0.435 e. The fraction of sp³-hybridized carbons (Fsp3) is 0.647. The molecule has 2 nitrogen and oxygen atoms in total. The minimum atomic E-state index is -2.77. The van der Waals surface area contributed by atoms with Crippen LogP contribution in [0.25, 0.3) is 0 Å². The molecule has 0 aromatic heterocycles. The molecule has 1 aromatic rings. The van der Waals surface area contributed by atoms with Crippen LogP contribution in [0.4, 0.5) is 8.78 Å². The third-order valence-corrected chi connectivity index (χ3v) is 4.82. The third kappa shape index (κ3) is 4.16. The summed E-state index contributed by atoms with van der Waals surface area (Å²) < 4.78 is 28.6. The molecule has 0 bridgehead atoms. The van der Waals surface area contributed by atoms with E-state index in [1.807, 2.05) is 12.1 Å². The number of halogens is 2. The maximum absolute atomic E-state index is 12.1. The lowest BCUT2D eigenvalue weighted by atomic mass is 9.93. The second kappa shape index (κ2) is 7.21. The van der Waals surface area contributed by atoms with Crippen molar-refractivity contribution in [3.8, 4) is 5.75 Å². The molecule has 0 heterocycles. The molecule has 0 amide bonds. The van der Waals surface area contributed by atoms with Gasteiger partial charge in [-0.05, 0) is 49.3 Å². The van der Waals surface area contributed by atoms with E-state index in [1.165, 1.54) is 19.3 Å². The molecule has 1 aliphatic carbocycles. The van der Waals surface area contributed by atoms with Gasteiger partial charge in [-0.15, -0.1) is 0 Å².